The quantitative estimate of drug-likeness (QED) is 0.0302. The van der Waals surface area contributed by atoms with Crippen LogP contribution in [-0.4, -0.2) is 192 Å². The van der Waals surface area contributed by atoms with E-state index >= 15 is 0 Å². The molecule has 3 fully saturated rings. The molecule has 4 heterocycles. The Balaban J connectivity index is 1.12. The van der Waals surface area contributed by atoms with E-state index in [2.05, 4.69) is 0 Å². The Morgan fingerprint density at radius 3 is 1.96 bits per heavy atom. The molecule has 3 saturated heterocycles. The zero-order valence-electron chi connectivity index (χ0n) is 36.2. The molecule has 3 aromatic carbocycles. The van der Waals surface area contributed by atoms with E-state index in [-0.39, 0.29) is 51.0 Å². The Bertz CT molecular complexity index is 2450. The molecular formula is C44H51O24+. The predicted molar refractivity (Wildman–Crippen MR) is 225 cm³/mol. The molecule has 68 heavy (non-hydrogen) atoms. The molecule has 0 aliphatic carbocycles. The van der Waals surface area contributed by atoms with Crippen molar-refractivity contribution in [3.63, 3.8) is 0 Å². The molecule has 0 amide bonds. The van der Waals surface area contributed by atoms with Crippen molar-refractivity contribution >= 4 is 23.0 Å². The van der Waals surface area contributed by atoms with Crippen LogP contribution in [0.5, 0.6) is 46.0 Å². The van der Waals surface area contributed by atoms with Crippen LogP contribution in [-0.2, 0) is 28.5 Å². The van der Waals surface area contributed by atoms with E-state index in [1.165, 1.54) is 57.6 Å². The topological polar surface area (TPSA) is 374 Å². The number of benzene rings is 3. The molecule has 3 aliphatic rings. The summed E-state index contributed by atoms with van der Waals surface area (Å²) in [7, 11) is 2.55. The first-order valence-electron chi connectivity index (χ1n) is 20.8. The minimum absolute atomic E-state index is 0.0475. The van der Waals surface area contributed by atoms with Crippen LogP contribution in [0.3, 0.4) is 0 Å². The van der Waals surface area contributed by atoms with Gasteiger partial charge in [-0.3, -0.25) is 0 Å². The van der Waals surface area contributed by atoms with Gasteiger partial charge < -0.3 is 109 Å². The van der Waals surface area contributed by atoms with Crippen molar-refractivity contribution in [1.82, 2.24) is 0 Å². The largest absolute Gasteiger partial charge is 0.507 e. The lowest BCUT2D eigenvalue weighted by atomic mass is 9.98. The summed E-state index contributed by atoms with van der Waals surface area (Å²) in [5.74, 6) is -3.89. The highest BCUT2D eigenvalue weighted by atomic mass is 16.7. The fourth-order valence-electron chi connectivity index (χ4n) is 7.63. The molecule has 0 radical (unpaired) electrons. The van der Waals surface area contributed by atoms with E-state index in [1.807, 2.05) is 0 Å². The number of carbonyl (C=O) groups excluding carboxylic acids is 1. The Kier molecular flexibility index (Phi) is 15.3. The van der Waals surface area contributed by atoms with Crippen LogP contribution in [0.4, 0.5) is 0 Å². The molecule has 3 aliphatic heterocycles. The summed E-state index contributed by atoms with van der Waals surface area (Å²) in [5, 5.41) is 138. The number of phenolic OH excluding ortho intramolecular Hbond substituents is 4. The summed E-state index contributed by atoms with van der Waals surface area (Å²) in [6.45, 7) is -0.0526. The lowest BCUT2D eigenvalue weighted by molar-refractivity contribution is -0.319. The SMILES string of the molecule is COc1cc(C=CC(=O)O[C@@H]2[C@@H](O)[C@H](O)[C@H](OC[C@H]3O[C@@H](Oc4cc5c(O[C@@H]6O[C@H](CO)[C@H](O)[C@H](O)[C@H]6O)cc(O)cc5[o+]c4-c4cc(O)c(O)c(OC)c4)[C@H](O)[C@@H](O)[C@H]3O)O[C@H]2C)ccc1O. The normalized spacial score (nSPS) is 31.9. The molecule has 15 atom stereocenters. The number of aliphatic hydroxyl groups excluding tert-OH is 9. The molecule has 24 heteroatoms. The van der Waals surface area contributed by atoms with Crippen molar-refractivity contribution in [2.24, 2.45) is 0 Å². The van der Waals surface area contributed by atoms with Gasteiger partial charge in [0.05, 0.1) is 45.2 Å². The van der Waals surface area contributed by atoms with E-state index in [0.717, 1.165) is 24.3 Å². The lowest BCUT2D eigenvalue weighted by Gasteiger charge is -2.42. The second-order valence-corrected chi connectivity index (χ2v) is 16.0. The third kappa shape index (κ3) is 10.3. The number of aromatic hydroxyl groups is 4. The molecule has 24 nitrogen and oxygen atoms in total. The van der Waals surface area contributed by atoms with Crippen molar-refractivity contribution in [3.05, 3.63) is 60.2 Å². The molecule has 4 aromatic rings. The van der Waals surface area contributed by atoms with Gasteiger partial charge in [-0.2, -0.15) is 0 Å². The number of methoxy groups -OCH3 is 2. The van der Waals surface area contributed by atoms with Gasteiger partial charge >= 0.3 is 17.3 Å². The van der Waals surface area contributed by atoms with Gasteiger partial charge in [-0.25, -0.2) is 9.21 Å². The number of aliphatic hydroxyl groups is 9. The Morgan fingerprint density at radius 1 is 0.662 bits per heavy atom. The molecule has 0 unspecified atom stereocenters. The summed E-state index contributed by atoms with van der Waals surface area (Å²) < 4.78 is 56.5. The van der Waals surface area contributed by atoms with E-state index in [9.17, 15) is 71.2 Å². The van der Waals surface area contributed by atoms with Crippen LogP contribution in [0.25, 0.3) is 28.4 Å². The van der Waals surface area contributed by atoms with Gasteiger partial charge in [-0.05, 0) is 30.7 Å². The first-order chi connectivity index (χ1) is 32.3. The van der Waals surface area contributed by atoms with Gasteiger partial charge in [-0.1, -0.05) is 6.07 Å². The lowest BCUT2D eigenvalue weighted by Crippen LogP contribution is -2.62. The monoisotopic (exact) mass is 963 g/mol. The number of carbonyl (C=O) groups is 1. The van der Waals surface area contributed by atoms with Crippen LogP contribution in [0.15, 0.2) is 59.0 Å². The molecule has 370 valence electrons. The third-order valence-corrected chi connectivity index (χ3v) is 11.4. The van der Waals surface area contributed by atoms with Crippen LogP contribution in [0.2, 0.25) is 0 Å². The summed E-state index contributed by atoms with van der Waals surface area (Å²) in [5.41, 5.74) is 0.252. The Hall–Kier alpha value is -5.84. The van der Waals surface area contributed by atoms with Crippen molar-refractivity contribution < 1.29 is 118 Å². The van der Waals surface area contributed by atoms with Crippen molar-refractivity contribution in [2.75, 3.05) is 27.4 Å². The standard InChI is InChI=1S/C44H50O24/c1-16-40(68-30(49)7-5-17-4-6-21(47)25(8-17)59-2)36(55)39(58)42(62-16)61-15-29-33(52)35(54)38(57)44(67-29)65-27-13-20-23(63-41(27)18-9-22(48)31(50)26(10-18)60-3)11-19(46)12-24(20)64-43-37(56)34(53)32(51)28(14-45)66-43/h4-13,16,28-29,32-40,42-45,51-58H,14-15H2,1-3H3,(H3-,46,47,48,49,50)/p+1/t16-,28+,29+,32-,33-,34-,35-,36-,37+,38+,39-,40-,42+,43+,44+/m0/s1. The average Bonchev–Trinajstić information content (AvgIpc) is 3.32. The van der Waals surface area contributed by atoms with E-state index < -0.39 is 129 Å². The maximum atomic E-state index is 12.7. The molecule has 13 N–H and O–H groups in total. The third-order valence-electron chi connectivity index (χ3n) is 11.4. The van der Waals surface area contributed by atoms with E-state index in [4.69, 9.17) is 47.0 Å². The highest BCUT2D eigenvalue weighted by Gasteiger charge is 2.50. The molecule has 0 spiro atoms. The number of rotatable bonds is 14. The summed E-state index contributed by atoms with van der Waals surface area (Å²) in [4.78, 5) is 12.7. The van der Waals surface area contributed by atoms with Crippen molar-refractivity contribution in [1.29, 1.82) is 0 Å². The van der Waals surface area contributed by atoms with Gasteiger partial charge in [0, 0.05) is 30.3 Å². The zero-order valence-corrected chi connectivity index (χ0v) is 36.2. The smallest absolute Gasteiger partial charge is 0.402 e. The van der Waals surface area contributed by atoms with Crippen LogP contribution in [0.1, 0.15) is 12.5 Å². The maximum absolute atomic E-state index is 12.7. The number of esters is 1. The van der Waals surface area contributed by atoms with Gasteiger partial charge in [0.25, 0.3) is 0 Å². The summed E-state index contributed by atoms with van der Waals surface area (Å²) in [6, 6.07) is 9.97. The second-order valence-electron chi connectivity index (χ2n) is 16.0. The minimum atomic E-state index is -2.02. The summed E-state index contributed by atoms with van der Waals surface area (Å²) in [6.07, 6.45) is -23.3. The van der Waals surface area contributed by atoms with Gasteiger partial charge in [-0.15, -0.1) is 0 Å². The van der Waals surface area contributed by atoms with Gasteiger partial charge in [0.1, 0.15) is 77.9 Å². The van der Waals surface area contributed by atoms with Gasteiger partial charge in [0.15, 0.2) is 35.4 Å². The molecule has 1 aromatic heterocycles. The number of fused-ring (bicyclic) bond motifs is 1. The Labute approximate surface area is 384 Å². The molecule has 7 rings (SSSR count). The molecular weight excluding hydrogens is 912 g/mol. The number of hydrogen-bond acceptors (Lipinski definition) is 23. The average molecular weight is 964 g/mol. The first-order valence-corrected chi connectivity index (χ1v) is 20.8. The fraction of sp³-hybridized carbons (Fsp3) is 0.455. The van der Waals surface area contributed by atoms with Crippen molar-refractivity contribution in [2.45, 2.75) is 99.0 Å². The highest BCUT2D eigenvalue weighted by Crippen LogP contribution is 2.46. The van der Waals surface area contributed by atoms with E-state index in [0.29, 0.717) is 5.56 Å². The highest BCUT2D eigenvalue weighted by molar-refractivity contribution is 5.89. The van der Waals surface area contributed by atoms with Crippen molar-refractivity contribution in [3.8, 4) is 57.3 Å². The fourth-order valence-corrected chi connectivity index (χ4v) is 7.63. The van der Waals surface area contributed by atoms with Crippen LogP contribution in [0, 0.1) is 0 Å². The van der Waals surface area contributed by atoms with Crippen LogP contribution < -0.4 is 18.9 Å². The van der Waals surface area contributed by atoms with E-state index in [1.54, 1.807) is 0 Å². The minimum Gasteiger partial charge on any atom is -0.507 e. The maximum Gasteiger partial charge on any atom is 0.402 e. The van der Waals surface area contributed by atoms with Crippen LogP contribution >= 0.6 is 0 Å². The zero-order chi connectivity index (χ0) is 49.3. The Morgan fingerprint density at radius 2 is 1.29 bits per heavy atom. The number of ether oxygens (including phenoxy) is 9. The number of hydrogen-bond donors (Lipinski definition) is 13. The first kappa shape index (κ1) is 50.0. The molecule has 0 bridgehead atoms. The number of phenols is 4. The molecule has 0 saturated carbocycles. The van der Waals surface area contributed by atoms with Gasteiger partial charge in [0.2, 0.25) is 24.1 Å². The second kappa shape index (κ2) is 20.8. The summed E-state index contributed by atoms with van der Waals surface area (Å²) >= 11 is 0. The predicted octanol–water partition coefficient (Wildman–Crippen LogP) is -1.31.